The smallest absolute Gasteiger partial charge is 0.271 e. The van der Waals surface area contributed by atoms with Gasteiger partial charge in [0.1, 0.15) is 11.6 Å². The third-order valence-electron chi connectivity index (χ3n) is 5.88. The molecule has 0 saturated carbocycles. The monoisotopic (exact) mass is 486 g/mol. The Morgan fingerprint density at radius 3 is 2.53 bits per heavy atom. The summed E-state index contributed by atoms with van der Waals surface area (Å²) in [5.41, 5.74) is 0.919. The average Bonchev–Trinajstić information content (AvgIpc) is 3.12. The van der Waals surface area contributed by atoms with Gasteiger partial charge in [0, 0.05) is 5.57 Å². The van der Waals surface area contributed by atoms with Crippen LogP contribution in [0, 0.1) is 17.2 Å². The van der Waals surface area contributed by atoms with Gasteiger partial charge in [-0.2, -0.15) is 5.26 Å². The Balaban J connectivity index is 1.98. The molecule has 0 bridgehead atoms. The number of sulfone groups is 1. The lowest BCUT2D eigenvalue weighted by molar-refractivity contribution is -0.142. The van der Waals surface area contributed by atoms with Crippen LogP contribution >= 0.6 is 0 Å². The summed E-state index contributed by atoms with van der Waals surface area (Å²) in [6.45, 7) is 8.61. The number of carbonyl (C=O) groups excluding carboxylic acids is 2. The number of imide groups is 1. The highest BCUT2D eigenvalue weighted by Crippen LogP contribution is 2.34. The minimum atomic E-state index is -3.33. The van der Waals surface area contributed by atoms with Gasteiger partial charge in [-0.3, -0.25) is 14.5 Å². The second-order valence-electron chi connectivity index (χ2n) is 8.88. The van der Waals surface area contributed by atoms with Crippen LogP contribution in [-0.4, -0.2) is 55.9 Å². The highest BCUT2D eigenvalue weighted by atomic mass is 32.2. The maximum atomic E-state index is 13.3. The van der Waals surface area contributed by atoms with Crippen molar-refractivity contribution in [2.75, 3.05) is 24.7 Å². The molecule has 1 aromatic rings. The molecule has 9 heteroatoms. The van der Waals surface area contributed by atoms with Crippen molar-refractivity contribution in [3.8, 4) is 17.6 Å². The van der Waals surface area contributed by atoms with Crippen LogP contribution in [0.2, 0.25) is 0 Å². The van der Waals surface area contributed by atoms with E-state index in [0.29, 0.717) is 36.2 Å². The summed E-state index contributed by atoms with van der Waals surface area (Å²) in [5.74, 6) is -0.0901. The molecule has 0 spiro atoms. The lowest BCUT2D eigenvalue weighted by Gasteiger charge is -2.31. The molecular weight excluding hydrogens is 456 g/mol. The van der Waals surface area contributed by atoms with Crippen molar-refractivity contribution in [2.45, 2.75) is 46.6 Å². The van der Waals surface area contributed by atoms with Crippen molar-refractivity contribution in [2.24, 2.45) is 5.92 Å². The van der Waals surface area contributed by atoms with Crippen molar-refractivity contribution in [1.82, 2.24) is 4.90 Å². The number of hydrogen-bond acceptors (Lipinski definition) is 7. The standard InChI is InChI=1S/C25H30N2O6S/c1-5-32-23-13-18(6-7-22(23)33-10-8-16(2)3)12-20-17(4)21(14-26)25(29)27(24(20)28)19-9-11-34(30,31)15-19/h6-7,12-13,16,19H,5,8-11,15H2,1-4H3/b20-12-/t19-/m1/s1. The predicted octanol–water partition coefficient (Wildman–Crippen LogP) is 3.29. The first kappa shape index (κ1) is 25.5. The molecule has 2 heterocycles. The Labute approximate surface area is 200 Å². The van der Waals surface area contributed by atoms with E-state index in [1.165, 1.54) is 0 Å². The molecule has 182 valence electrons. The van der Waals surface area contributed by atoms with Gasteiger partial charge in [-0.25, -0.2) is 8.42 Å². The minimum Gasteiger partial charge on any atom is -0.490 e. The number of amides is 2. The molecule has 34 heavy (non-hydrogen) atoms. The van der Waals surface area contributed by atoms with Crippen LogP contribution in [0.15, 0.2) is 34.9 Å². The van der Waals surface area contributed by atoms with Gasteiger partial charge < -0.3 is 9.47 Å². The first-order valence-corrected chi connectivity index (χ1v) is 13.2. The van der Waals surface area contributed by atoms with Crippen LogP contribution in [-0.2, 0) is 19.4 Å². The molecular formula is C25H30N2O6S. The third-order valence-corrected chi connectivity index (χ3v) is 7.63. The molecule has 1 fully saturated rings. The van der Waals surface area contributed by atoms with E-state index in [1.807, 2.05) is 13.0 Å². The average molecular weight is 487 g/mol. The minimum absolute atomic E-state index is 0.0889. The van der Waals surface area contributed by atoms with Gasteiger partial charge >= 0.3 is 0 Å². The van der Waals surface area contributed by atoms with E-state index in [4.69, 9.17) is 9.47 Å². The quantitative estimate of drug-likeness (QED) is 0.409. The SMILES string of the molecule is CCOc1cc(/C=C2\C(=O)N([C@@H]3CCS(=O)(=O)C3)C(=O)C(C#N)=C2C)ccc1OCCC(C)C. The van der Waals surface area contributed by atoms with E-state index in [2.05, 4.69) is 13.8 Å². The number of carbonyl (C=O) groups is 2. The zero-order valence-corrected chi connectivity index (χ0v) is 20.8. The van der Waals surface area contributed by atoms with E-state index >= 15 is 0 Å². The van der Waals surface area contributed by atoms with Gasteiger partial charge in [-0.1, -0.05) is 19.9 Å². The van der Waals surface area contributed by atoms with Crippen molar-refractivity contribution in [3.05, 3.63) is 40.5 Å². The lowest BCUT2D eigenvalue weighted by atomic mass is 9.92. The third kappa shape index (κ3) is 5.50. The van der Waals surface area contributed by atoms with E-state index in [-0.39, 0.29) is 34.6 Å². The molecule has 3 rings (SSSR count). The molecule has 1 atom stereocenters. The van der Waals surface area contributed by atoms with Crippen molar-refractivity contribution in [1.29, 1.82) is 5.26 Å². The fourth-order valence-electron chi connectivity index (χ4n) is 3.98. The zero-order valence-electron chi connectivity index (χ0n) is 20.0. The number of benzene rings is 1. The Morgan fingerprint density at radius 2 is 1.94 bits per heavy atom. The summed E-state index contributed by atoms with van der Waals surface area (Å²) >= 11 is 0. The first-order valence-electron chi connectivity index (χ1n) is 11.4. The summed E-state index contributed by atoms with van der Waals surface area (Å²) < 4.78 is 35.5. The molecule has 0 aliphatic carbocycles. The second-order valence-corrected chi connectivity index (χ2v) is 11.1. The lowest BCUT2D eigenvalue weighted by Crippen LogP contribution is -2.49. The van der Waals surface area contributed by atoms with E-state index in [9.17, 15) is 23.3 Å². The van der Waals surface area contributed by atoms with Gasteiger partial charge in [0.25, 0.3) is 11.8 Å². The molecule has 0 N–H and O–H groups in total. The maximum absolute atomic E-state index is 13.3. The van der Waals surface area contributed by atoms with Gasteiger partial charge in [-0.15, -0.1) is 0 Å². The topological polar surface area (TPSA) is 114 Å². The summed E-state index contributed by atoms with van der Waals surface area (Å²) in [6, 6.07) is 6.39. The van der Waals surface area contributed by atoms with Crippen molar-refractivity contribution in [3.63, 3.8) is 0 Å². The van der Waals surface area contributed by atoms with E-state index in [1.54, 1.807) is 31.2 Å². The first-order chi connectivity index (χ1) is 16.1. The molecule has 2 aliphatic rings. The number of nitriles is 1. The predicted molar refractivity (Wildman–Crippen MR) is 128 cm³/mol. The van der Waals surface area contributed by atoms with E-state index in [0.717, 1.165) is 11.3 Å². The van der Waals surface area contributed by atoms with E-state index < -0.39 is 27.7 Å². The maximum Gasteiger partial charge on any atom is 0.271 e. The molecule has 1 saturated heterocycles. The molecule has 0 aromatic heterocycles. The Kier molecular flexibility index (Phi) is 7.82. The highest BCUT2D eigenvalue weighted by molar-refractivity contribution is 7.91. The van der Waals surface area contributed by atoms with Gasteiger partial charge in [0.2, 0.25) is 0 Å². The van der Waals surface area contributed by atoms with Gasteiger partial charge in [0.05, 0.1) is 30.8 Å². The fraction of sp³-hybridized carbons (Fsp3) is 0.480. The number of hydrogen-bond donors (Lipinski definition) is 0. The fourth-order valence-corrected chi connectivity index (χ4v) is 5.68. The van der Waals surface area contributed by atoms with Crippen LogP contribution in [0.25, 0.3) is 6.08 Å². The van der Waals surface area contributed by atoms with Crippen molar-refractivity contribution < 1.29 is 27.5 Å². The zero-order chi connectivity index (χ0) is 25.0. The van der Waals surface area contributed by atoms with Crippen molar-refractivity contribution >= 4 is 27.7 Å². The Bertz CT molecular complexity index is 1190. The summed E-state index contributed by atoms with van der Waals surface area (Å²) in [4.78, 5) is 27.1. The van der Waals surface area contributed by atoms with Gasteiger partial charge in [0.15, 0.2) is 21.3 Å². The number of nitrogens with zero attached hydrogens (tertiary/aromatic N) is 2. The highest BCUT2D eigenvalue weighted by Gasteiger charge is 2.43. The molecule has 0 unspecified atom stereocenters. The Morgan fingerprint density at radius 1 is 1.21 bits per heavy atom. The molecule has 1 aromatic carbocycles. The van der Waals surface area contributed by atoms with Crippen LogP contribution in [0.4, 0.5) is 0 Å². The number of ether oxygens (including phenoxy) is 2. The molecule has 0 radical (unpaired) electrons. The Hall–Kier alpha value is -3.12. The van der Waals surface area contributed by atoms with Crippen LogP contribution in [0.5, 0.6) is 11.5 Å². The molecule has 2 aliphatic heterocycles. The van der Waals surface area contributed by atoms with Crippen LogP contribution in [0.3, 0.4) is 0 Å². The number of rotatable bonds is 8. The summed E-state index contributed by atoms with van der Waals surface area (Å²) in [7, 11) is -3.33. The largest absolute Gasteiger partial charge is 0.490 e. The van der Waals surface area contributed by atoms with Gasteiger partial charge in [-0.05, 0) is 62.0 Å². The molecule has 2 amide bonds. The van der Waals surface area contributed by atoms with Crippen LogP contribution < -0.4 is 9.47 Å². The normalized spacial score (nSPS) is 21.4. The molecule has 8 nitrogen and oxygen atoms in total. The summed E-state index contributed by atoms with van der Waals surface area (Å²) in [6.07, 6.45) is 2.66. The second kappa shape index (κ2) is 10.4. The summed E-state index contributed by atoms with van der Waals surface area (Å²) in [5, 5.41) is 9.59. The van der Waals surface area contributed by atoms with Crippen LogP contribution in [0.1, 0.15) is 46.1 Å².